The summed E-state index contributed by atoms with van der Waals surface area (Å²) in [4.78, 5) is 23.8. The maximum atomic E-state index is 12.2. The first-order chi connectivity index (χ1) is 9.87. The Kier molecular flexibility index (Phi) is 3.38. The molecule has 0 aromatic heterocycles. The summed E-state index contributed by atoms with van der Waals surface area (Å²) in [5.74, 6) is -0.0313. The monoisotopic (exact) mass is 292 g/mol. The van der Waals surface area contributed by atoms with Crippen LogP contribution in [0, 0.1) is 23.7 Å². The van der Waals surface area contributed by atoms with E-state index in [1.165, 1.54) is 12.5 Å². The van der Waals surface area contributed by atoms with Crippen molar-refractivity contribution in [3.8, 4) is 0 Å². The van der Waals surface area contributed by atoms with Gasteiger partial charge >= 0.3 is 11.9 Å². The van der Waals surface area contributed by atoms with Gasteiger partial charge in [-0.2, -0.15) is 0 Å². The first kappa shape index (κ1) is 14.6. The standard InChI is InChI=1S/C17H24O4/c1-9-5-8-14-11(3)16(19)21-17(14)13(9)7-6-10(2)15(17)20-12(4)18/h5,10-11,13-15H,6-8H2,1-4H3/t10-,11+,13+,14+,15-,17-/m1/s1. The lowest BCUT2D eigenvalue weighted by atomic mass is 9.57. The summed E-state index contributed by atoms with van der Waals surface area (Å²) in [5, 5.41) is 0. The van der Waals surface area contributed by atoms with Crippen LogP contribution in [-0.4, -0.2) is 23.6 Å². The molecule has 4 heteroatoms. The summed E-state index contributed by atoms with van der Waals surface area (Å²) in [6, 6.07) is 0. The minimum Gasteiger partial charge on any atom is -0.458 e. The predicted molar refractivity (Wildman–Crippen MR) is 77.3 cm³/mol. The Bertz CT molecular complexity index is 509. The largest absolute Gasteiger partial charge is 0.458 e. The maximum Gasteiger partial charge on any atom is 0.309 e. The van der Waals surface area contributed by atoms with Crippen molar-refractivity contribution in [3.63, 3.8) is 0 Å². The molecule has 0 unspecified atom stereocenters. The average molecular weight is 292 g/mol. The number of allylic oxidation sites excluding steroid dienone is 1. The van der Waals surface area contributed by atoms with Crippen molar-refractivity contribution in [1.29, 1.82) is 0 Å². The molecule has 6 atom stereocenters. The fourth-order valence-corrected chi connectivity index (χ4v) is 4.76. The van der Waals surface area contributed by atoms with Crippen molar-refractivity contribution in [2.45, 2.75) is 58.7 Å². The smallest absolute Gasteiger partial charge is 0.309 e. The molecular weight excluding hydrogens is 268 g/mol. The van der Waals surface area contributed by atoms with E-state index >= 15 is 0 Å². The van der Waals surface area contributed by atoms with Gasteiger partial charge in [0.2, 0.25) is 0 Å². The van der Waals surface area contributed by atoms with Gasteiger partial charge in [0.1, 0.15) is 6.10 Å². The first-order valence-corrected chi connectivity index (χ1v) is 7.94. The molecule has 0 aromatic carbocycles. The molecule has 1 aliphatic heterocycles. The highest BCUT2D eigenvalue weighted by molar-refractivity contribution is 5.76. The van der Waals surface area contributed by atoms with E-state index in [-0.39, 0.29) is 41.7 Å². The molecular formula is C17H24O4. The van der Waals surface area contributed by atoms with Crippen LogP contribution >= 0.6 is 0 Å². The predicted octanol–water partition coefficient (Wildman–Crippen LogP) is 2.86. The fraction of sp³-hybridized carbons (Fsp3) is 0.765. The molecule has 1 saturated heterocycles. The van der Waals surface area contributed by atoms with Gasteiger partial charge in [-0.3, -0.25) is 9.59 Å². The zero-order chi connectivity index (χ0) is 15.4. The minimum atomic E-state index is -0.640. The second kappa shape index (κ2) is 4.85. The Balaban J connectivity index is 2.09. The molecule has 4 nitrogen and oxygen atoms in total. The third kappa shape index (κ3) is 1.95. The van der Waals surface area contributed by atoms with Crippen molar-refractivity contribution >= 4 is 11.9 Å². The second-order valence-corrected chi connectivity index (χ2v) is 6.99. The summed E-state index contributed by atoms with van der Waals surface area (Å²) >= 11 is 0. The molecule has 0 bridgehead atoms. The number of rotatable bonds is 1. The van der Waals surface area contributed by atoms with Crippen molar-refractivity contribution in [1.82, 2.24) is 0 Å². The van der Waals surface area contributed by atoms with E-state index in [9.17, 15) is 9.59 Å². The Morgan fingerprint density at radius 2 is 2.10 bits per heavy atom. The number of ether oxygens (including phenoxy) is 2. The van der Waals surface area contributed by atoms with Crippen LogP contribution in [0.5, 0.6) is 0 Å². The molecule has 1 heterocycles. The Morgan fingerprint density at radius 1 is 1.38 bits per heavy atom. The van der Waals surface area contributed by atoms with E-state index in [0.29, 0.717) is 0 Å². The topological polar surface area (TPSA) is 52.6 Å². The molecule has 3 rings (SSSR count). The highest BCUT2D eigenvalue weighted by Crippen LogP contribution is 2.57. The number of hydrogen-bond acceptors (Lipinski definition) is 4. The van der Waals surface area contributed by atoms with Crippen molar-refractivity contribution < 1.29 is 19.1 Å². The molecule has 1 saturated carbocycles. The highest BCUT2D eigenvalue weighted by atomic mass is 16.6. The van der Waals surface area contributed by atoms with Gasteiger partial charge in [0.25, 0.3) is 0 Å². The lowest BCUT2D eigenvalue weighted by Gasteiger charge is -2.52. The Labute approximate surface area is 125 Å². The van der Waals surface area contributed by atoms with Gasteiger partial charge in [-0.15, -0.1) is 0 Å². The normalized spacial score (nSPS) is 45.2. The van der Waals surface area contributed by atoms with E-state index in [0.717, 1.165) is 19.3 Å². The lowest BCUT2D eigenvalue weighted by Crippen LogP contribution is -2.61. The molecule has 0 amide bonds. The molecule has 0 aromatic rings. The van der Waals surface area contributed by atoms with Crippen LogP contribution in [0.15, 0.2) is 11.6 Å². The zero-order valence-electron chi connectivity index (χ0n) is 13.2. The van der Waals surface area contributed by atoms with Gasteiger partial charge in [-0.25, -0.2) is 0 Å². The number of carbonyl (C=O) groups excluding carboxylic acids is 2. The SMILES string of the molecule is CC(=O)O[C@@H]1[C@H](C)CC[C@H]2C(C)=CC[C@H]3[C@H](C)C(=O)O[C@]123. The maximum absolute atomic E-state index is 12.2. The third-order valence-electron chi connectivity index (χ3n) is 5.79. The quantitative estimate of drug-likeness (QED) is 0.551. The summed E-state index contributed by atoms with van der Waals surface area (Å²) in [5.41, 5.74) is 0.635. The molecule has 2 fully saturated rings. The molecule has 116 valence electrons. The fourth-order valence-electron chi connectivity index (χ4n) is 4.76. The second-order valence-electron chi connectivity index (χ2n) is 6.99. The van der Waals surface area contributed by atoms with Crippen LogP contribution in [0.3, 0.4) is 0 Å². The van der Waals surface area contributed by atoms with Gasteiger partial charge in [0.05, 0.1) is 5.92 Å². The van der Waals surface area contributed by atoms with Crippen LogP contribution in [0.4, 0.5) is 0 Å². The molecule has 0 N–H and O–H groups in total. The van der Waals surface area contributed by atoms with Crippen LogP contribution in [0.25, 0.3) is 0 Å². The highest BCUT2D eigenvalue weighted by Gasteiger charge is 2.66. The summed E-state index contributed by atoms with van der Waals surface area (Å²) < 4.78 is 11.6. The van der Waals surface area contributed by atoms with Crippen LogP contribution in [0.2, 0.25) is 0 Å². The average Bonchev–Trinajstić information content (AvgIpc) is 2.66. The first-order valence-electron chi connectivity index (χ1n) is 7.94. The molecule has 2 aliphatic carbocycles. The summed E-state index contributed by atoms with van der Waals surface area (Å²) in [7, 11) is 0. The minimum absolute atomic E-state index is 0.116. The van der Waals surface area contributed by atoms with Gasteiger partial charge in [0, 0.05) is 18.8 Å². The number of hydrogen-bond donors (Lipinski definition) is 0. The van der Waals surface area contributed by atoms with E-state index in [1.54, 1.807) is 0 Å². The van der Waals surface area contributed by atoms with E-state index in [4.69, 9.17) is 9.47 Å². The Hall–Kier alpha value is -1.32. The van der Waals surface area contributed by atoms with Crippen LogP contribution in [0.1, 0.15) is 47.0 Å². The van der Waals surface area contributed by atoms with E-state index < -0.39 is 5.60 Å². The molecule has 0 radical (unpaired) electrons. The van der Waals surface area contributed by atoms with Crippen molar-refractivity contribution in [3.05, 3.63) is 11.6 Å². The molecule has 3 aliphatic rings. The zero-order valence-corrected chi connectivity index (χ0v) is 13.2. The lowest BCUT2D eigenvalue weighted by molar-refractivity contribution is -0.206. The number of carbonyl (C=O) groups is 2. The van der Waals surface area contributed by atoms with Gasteiger partial charge < -0.3 is 9.47 Å². The van der Waals surface area contributed by atoms with Crippen LogP contribution in [-0.2, 0) is 19.1 Å². The van der Waals surface area contributed by atoms with Crippen molar-refractivity contribution in [2.75, 3.05) is 0 Å². The van der Waals surface area contributed by atoms with E-state index in [1.807, 2.05) is 6.92 Å². The summed E-state index contributed by atoms with van der Waals surface area (Å²) in [6.07, 6.45) is 4.75. The third-order valence-corrected chi connectivity index (χ3v) is 5.79. The number of esters is 2. The van der Waals surface area contributed by atoms with Gasteiger partial charge in [-0.05, 0) is 32.1 Å². The molecule has 21 heavy (non-hydrogen) atoms. The van der Waals surface area contributed by atoms with Crippen LogP contribution < -0.4 is 0 Å². The van der Waals surface area contributed by atoms with Gasteiger partial charge in [0.15, 0.2) is 5.60 Å². The summed E-state index contributed by atoms with van der Waals surface area (Å²) in [6.45, 7) is 7.59. The van der Waals surface area contributed by atoms with E-state index in [2.05, 4.69) is 19.9 Å². The molecule has 1 spiro atoms. The van der Waals surface area contributed by atoms with Gasteiger partial charge in [-0.1, -0.05) is 25.5 Å². The Morgan fingerprint density at radius 3 is 2.76 bits per heavy atom. The van der Waals surface area contributed by atoms with Crippen molar-refractivity contribution in [2.24, 2.45) is 23.7 Å².